The first-order valence-corrected chi connectivity index (χ1v) is 12.7. The van der Waals surface area contributed by atoms with Gasteiger partial charge in [0.15, 0.2) is 0 Å². The smallest absolute Gasteiger partial charge is 0.208 e. The number of ether oxygens (including phenoxy) is 1. The molecule has 4 aromatic rings. The van der Waals surface area contributed by atoms with Crippen LogP contribution >= 0.6 is 7.29 Å². The van der Waals surface area contributed by atoms with Gasteiger partial charge in [-0.05, 0) is 47.5 Å². The van der Waals surface area contributed by atoms with E-state index in [4.69, 9.17) is 4.74 Å². The molecule has 0 aliphatic carbocycles. The molecule has 0 N–H and O–H groups in total. The number of hydrogen-bond donors (Lipinski definition) is 0. The second-order valence-electron chi connectivity index (χ2n) is 8.11. The Kier molecular flexibility index (Phi) is 6.00. The van der Waals surface area contributed by atoms with Crippen molar-refractivity contribution in [3.63, 3.8) is 0 Å². The SMILES string of the molecule is COc1ccc([C@@H]2[C@@H](/C=C/c3ccccc3)N2P(=O)(c2ccccc2)c2ccccc2)cc1. The molecule has 1 aliphatic heterocycles. The molecule has 5 rings (SSSR count). The summed E-state index contributed by atoms with van der Waals surface area (Å²) in [6.07, 6.45) is 4.31. The standard InChI is InChI=1S/C29H26NO2P/c1-32-25-20-18-24(19-21-25)29-28(22-17-23-11-5-2-6-12-23)30(29)33(31,26-13-7-3-8-14-26)27-15-9-4-10-16-27/h2-22,28-29H,1H3/b22-17+/t28-,29-,30?/m1/s1. The maximum atomic E-state index is 15.0. The normalized spacial score (nSPS) is 20.0. The maximum Gasteiger partial charge on any atom is 0.208 e. The van der Waals surface area contributed by atoms with Crippen molar-refractivity contribution in [3.8, 4) is 5.75 Å². The van der Waals surface area contributed by atoms with Crippen molar-refractivity contribution in [2.75, 3.05) is 7.11 Å². The highest BCUT2D eigenvalue weighted by Gasteiger charge is 2.57. The first-order chi connectivity index (χ1) is 16.2. The average molecular weight is 452 g/mol. The van der Waals surface area contributed by atoms with E-state index in [0.29, 0.717) is 0 Å². The molecule has 1 saturated heterocycles. The second kappa shape index (κ2) is 9.23. The van der Waals surface area contributed by atoms with Crippen molar-refractivity contribution >= 4 is 24.0 Å². The van der Waals surface area contributed by atoms with Crippen molar-refractivity contribution in [1.82, 2.24) is 4.67 Å². The molecular formula is C29H26NO2P. The Morgan fingerprint density at radius 1 is 0.727 bits per heavy atom. The summed E-state index contributed by atoms with van der Waals surface area (Å²) in [5.74, 6) is 0.816. The van der Waals surface area contributed by atoms with Gasteiger partial charge < -0.3 is 4.74 Å². The van der Waals surface area contributed by atoms with E-state index in [-0.39, 0.29) is 12.1 Å². The predicted molar refractivity (Wildman–Crippen MR) is 137 cm³/mol. The molecule has 0 amide bonds. The second-order valence-corrected chi connectivity index (χ2v) is 10.8. The summed E-state index contributed by atoms with van der Waals surface area (Å²) in [6.45, 7) is 0. The fraction of sp³-hybridized carbons (Fsp3) is 0.103. The molecule has 0 bridgehead atoms. The molecule has 0 aromatic heterocycles. The molecule has 3 atom stereocenters. The van der Waals surface area contributed by atoms with Crippen LogP contribution in [0.25, 0.3) is 6.08 Å². The first kappa shape index (κ1) is 21.5. The lowest BCUT2D eigenvalue weighted by Crippen LogP contribution is -2.22. The van der Waals surface area contributed by atoms with Crippen molar-refractivity contribution in [3.05, 3.63) is 132 Å². The number of hydrogen-bond acceptors (Lipinski definition) is 2. The van der Waals surface area contributed by atoms with Gasteiger partial charge in [0, 0.05) is 10.6 Å². The van der Waals surface area contributed by atoms with Crippen LogP contribution < -0.4 is 15.3 Å². The molecule has 1 unspecified atom stereocenters. The molecule has 4 aromatic carbocycles. The van der Waals surface area contributed by atoms with E-state index in [1.165, 1.54) is 0 Å². The van der Waals surface area contributed by atoms with Gasteiger partial charge in [0.05, 0.1) is 19.2 Å². The zero-order valence-electron chi connectivity index (χ0n) is 18.5. The Labute approximate surface area is 195 Å². The summed E-state index contributed by atoms with van der Waals surface area (Å²) in [5.41, 5.74) is 2.26. The van der Waals surface area contributed by atoms with Gasteiger partial charge in [-0.25, -0.2) is 4.67 Å². The van der Waals surface area contributed by atoms with Gasteiger partial charge in [0.25, 0.3) is 0 Å². The minimum Gasteiger partial charge on any atom is -0.497 e. The average Bonchev–Trinajstić information content (AvgIpc) is 3.63. The predicted octanol–water partition coefficient (Wildman–Crippen LogP) is 6.06. The quantitative estimate of drug-likeness (QED) is 0.253. The molecular weight excluding hydrogens is 425 g/mol. The molecule has 33 heavy (non-hydrogen) atoms. The molecule has 0 spiro atoms. The summed E-state index contributed by atoms with van der Waals surface area (Å²) < 4.78 is 22.5. The van der Waals surface area contributed by atoms with Gasteiger partial charge in [-0.15, -0.1) is 0 Å². The minimum absolute atomic E-state index is 0.0158. The highest BCUT2D eigenvalue weighted by Crippen LogP contribution is 2.64. The van der Waals surface area contributed by atoms with Crippen LogP contribution in [0.4, 0.5) is 0 Å². The Morgan fingerprint density at radius 2 is 1.24 bits per heavy atom. The zero-order valence-corrected chi connectivity index (χ0v) is 19.4. The Bertz CT molecular complexity index is 1230. The van der Waals surface area contributed by atoms with Crippen LogP contribution in [0, 0.1) is 0 Å². The van der Waals surface area contributed by atoms with Gasteiger partial charge in [-0.1, -0.05) is 91.0 Å². The van der Waals surface area contributed by atoms with Crippen LogP contribution in [0.15, 0.2) is 121 Å². The highest BCUT2D eigenvalue weighted by atomic mass is 31.2. The third-order valence-corrected chi connectivity index (χ3v) is 9.27. The van der Waals surface area contributed by atoms with Gasteiger partial charge >= 0.3 is 0 Å². The topological polar surface area (TPSA) is 29.3 Å². The fourth-order valence-corrected chi connectivity index (χ4v) is 7.52. The maximum absolute atomic E-state index is 15.0. The Morgan fingerprint density at radius 3 is 1.76 bits per heavy atom. The van der Waals surface area contributed by atoms with E-state index in [2.05, 4.69) is 41.1 Å². The van der Waals surface area contributed by atoms with Crippen LogP contribution in [0.2, 0.25) is 0 Å². The van der Waals surface area contributed by atoms with Crippen molar-refractivity contribution in [2.45, 2.75) is 12.1 Å². The van der Waals surface area contributed by atoms with Gasteiger partial charge in [0.1, 0.15) is 5.75 Å². The van der Waals surface area contributed by atoms with Crippen LogP contribution in [0.1, 0.15) is 17.2 Å². The minimum atomic E-state index is -3.05. The molecule has 1 fully saturated rings. The molecule has 0 saturated carbocycles. The molecule has 1 aliphatic rings. The summed E-state index contributed by atoms with van der Waals surface area (Å²) >= 11 is 0. The lowest BCUT2D eigenvalue weighted by molar-refractivity contribution is 0.414. The van der Waals surface area contributed by atoms with Crippen molar-refractivity contribution < 1.29 is 9.30 Å². The fourth-order valence-electron chi connectivity index (χ4n) is 4.39. The summed E-state index contributed by atoms with van der Waals surface area (Å²) in [7, 11) is -1.38. The third kappa shape index (κ3) is 4.18. The van der Waals surface area contributed by atoms with Gasteiger partial charge in [-0.3, -0.25) is 4.57 Å². The number of methoxy groups -OCH3 is 1. The van der Waals surface area contributed by atoms with Gasteiger partial charge in [-0.2, -0.15) is 0 Å². The van der Waals surface area contributed by atoms with Gasteiger partial charge in [0.2, 0.25) is 7.29 Å². The van der Waals surface area contributed by atoms with E-state index >= 15 is 0 Å². The van der Waals surface area contributed by atoms with Crippen LogP contribution in [0.5, 0.6) is 5.75 Å². The van der Waals surface area contributed by atoms with E-state index < -0.39 is 7.29 Å². The van der Waals surface area contributed by atoms with Crippen molar-refractivity contribution in [2.24, 2.45) is 0 Å². The Hall–Kier alpha value is -3.39. The monoisotopic (exact) mass is 451 g/mol. The molecule has 1 heterocycles. The lowest BCUT2D eigenvalue weighted by atomic mass is 10.1. The Balaban J connectivity index is 1.60. The van der Waals surface area contributed by atoms with Crippen LogP contribution in [0.3, 0.4) is 0 Å². The van der Waals surface area contributed by atoms with E-state index in [0.717, 1.165) is 27.5 Å². The van der Waals surface area contributed by atoms with E-state index in [1.54, 1.807) is 7.11 Å². The molecule has 0 radical (unpaired) electrons. The van der Waals surface area contributed by atoms with E-state index in [1.807, 2.05) is 91.0 Å². The lowest BCUT2D eigenvalue weighted by Gasteiger charge is -2.22. The first-order valence-electron chi connectivity index (χ1n) is 11.1. The highest BCUT2D eigenvalue weighted by molar-refractivity contribution is 7.76. The zero-order chi connectivity index (χ0) is 22.7. The largest absolute Gasteiger partial charge is 0.497 e. The summed E-state index contributed by atoms with van der Waals surface area (Å²) in [5, 5.41) is 1.70. The van der Waals surface area contributed by atoms with E-state index in [9.17, 15) is 4.57 Å². The number of rotatable bonds is 7. The van der Waals surface area contributed by atoms with Crippen LogP contribution in [-0.4, -0.2) is 17.8 Å². The molecule has 3 nitrogen and oxygen atoms in total. The summed E-state index contributed by atoms with van der Waals surface area (Å²) in [6, 6.07) is 38.1. The molecule has 4 heteroatoms. The third-order valence-electron chi connectivity index (χ3n) is 6.10. The summed E-state index contributed by atoms with van der Waals surface area (Å²) in [4.78, 5) is 0. The van der Waals surface area contributed by atoms with Crippen molar-refractivity contribution in [1.29, 1.82) is 0 Å². The van der Waals surface area contributed by atoms with Crippen LogP contribution in [-0.2, 0) is 4.57 Å². The molecule has 164 valence electrons. The number of nitrogens with zero attached hydrogens (tertiary/aromatic N) is 1. The number of benzene rings is 4.